The average Bonchev–Trinajstić information content (AvgIpc) is 3.04. The molecule has 2 aliphatic rings. The maximum absolute atomic E-state index is 12.8. The Morgan fingerprint density at radius 1 is 1.33 bits per heavy atom. The zero-order valence-corrected chi connectivity index (χ0v) is 15.2. The number of aromatic amines is 1. The highest BCUT2D eigenvalue weighted by molar-refractivity contribution is 5.79. The molecule has 2 aliphatic heterocycles. The maximum Gasteiger partial charge on any atom is 0.227 e. The summed E-state index contributed by atoms with van der Waals surface area (Å²) in [6.07, 6.45) is 4.03. The fraction of sp³-hybridized carbons (Fsp3) is 0.778. The standard InChI is InChI=1S/C18H30N4O2/c1-18(2,3)16-15(11-19-20-16)13-21-6-4-5-14(12-21)17(23)22-7-9-24-10-8-22/h11,14H,4-10,12-13H2,1-3H3,(H,19,20)/t14-/m1/s1. The van der Waals surface area contributed by atoms with Crippen LogP contribution >= 0.6 is 0 Å². The number of likely N-dealkylation sites (tertiary alicyclic amines) is 1. The molecule has 1 amide bonds. The molecule has 1 N–H and O–H groups in total. The topological polar surface area (TPSA) is 61.5 Å². The van der Waals surface area contributed by atoms with Gasteiger partial charge in [0.25, 0.3) is 0 Å². The van der Waals surface area contributed by atoms with Crippen molar-refractivity contribution in [3.05, 3.63) is 17.5 Å². The number of carbonyl (C=O) groups is 1. The lowest BCUT2D eigenvalue weighted by atomic mass is 9.89. The monoisotopic (exact) mass is 334 g/mol. The number of rotatable bonds is 3. The van der Waals surface area contributed by atoms with E-state index < -0.39 is 0 Å². The SMILES string of the molecule is CC(C)(C)c1[nH]ncc1CN1CCC[C@@H](C(=O)N2CCOCC2)C1. The summed E-state index contributed by atoms with van der Waals surface area (Å²) >= 11 is 0. The fourth-order valence-electron chi connectivity index (χ4n) is 3.76. The van der Waals surface area contributed by atoms with Gasteiger partial charge in [-0.1, -0.05) is 20.8 Å². The van der Waals surface area contributed by atoms with E-state index in [2.05, 4.69) is 35.9 Å². The second-order valence-electron chi connectivity index (χ2n) is 8.03. The van der Waals surface area contributed by atoms with Gasteiger partial charge in [-0.05, 0) is 19.4 Å². The molecule has 0 spiro atoms. The molecule has 6 nitrogen and oxygen atoms in total. The molecule has 0 unspecified atom stereocenters. The molecule has 2 fully saturated rings. The summed E-state index contributed by atoms with van der Waals surface area (Å²) < 4.78 is 5.36. The van der Waals surface area contributed by atoms with Gasteiger partial charge in [0.2, 0.25) is 5.91 Å². The van der Waals surface area contributed by atoms with Gasteiger partial charge in [-0.3, -0.25) is 14.8 Å². The first-order valence-corrected chi connectivity index (χ1v) is 9.07. The van der Waals surface area contributed by atoms with E-state index in [0.717, 1.165) is 45.6 Å². The summed E-state index contributed by atoms with van der Waals surface area (Å²) in [5, 5.41) is 7.40. The predicted molar refractivity (Wildman–Crippen MR) is 92.7 cm³/mol. The molecule has 0 radical (unpaired) electrons. The molecule has 3 rings (SSSR count). The quantitative estimate of drug-likeness (QED) is 0.915. The molecular weight excluding hydrogens is 304 g/mol. The van der Waals surface area contributed by atoms with Gasteiger partial charge < -0.3 is 9.64 Å². The number of ether oxygens (including phenoxy) is 1. The summed E-state index contributed by atoms with van der Waals surface area (Å²) in [6, 6.07) is 0. The van der Waals surface area contributed by atoms with Crippen molar-refractivity contribution in [3.63, 3.8) is 0 Å². The second-order valence-corrected chi connectivity index (χ2v) is 8.03. The smallest absolute Gasteiger partial charge is 0.227 e. The van der Waals surface area contributed by atoms with Gasteiger partial charge in [0.05, 0.1) is 25.3 Å². The number of hydrogen-bond acceptors (Lipinski definition) is 4. The maximum atomic E-state index is 12.8. The van der Waals surface area contributed by atoms with Crippen molar-refractivity contribution in [2.75, 3.05) is 39.4 Å². The van der Waals surface area contributed by atoms with E-state index in [1.807, 2.05) is 11.1 Å². The summed E-state index contributed by atoms with van der Waals surface area (Å²) in [4.78, 5) is 17.1. The summed E-state index contributed by atoms with van der Waals surface area (Å²) in [6.45, 7) is 12.2. The average molecular weight is 334 g/mol. The first-order chi connectivity index (χ1) is 11.4. The van der Waals surface area contributed by atoms with E-state index in [0.29, 0.717) is 19.1 Å². The number of hydrogen-bond donors (Lipinski definition) is 1. The third-order valence-electron chi connectivity index (χ3n) is 5.04. The molecule has 0 bridgehead atoms. The summed E-state index contributed by atoms with van der Waals surface area (Å²) in [5.41, 5.74) is 2.51. The molecule has 6 heteroatoms. The van der Waals surface area contributed by atoms with E-state index in [1.54, 1.807) is 0 Å². The van der Waals surface area contributed by atoms with Gasteiger partial charge >= 0.3 is 0 Å². The minimum atomic E-state index is 0.0602. The Labute approximate surface area is 144 Å². The number of morpholine rings is 1. The van der Waals surface area contributed by atoms with Gasteiger partial charge in [-0.2, -0.15) is 5.10 Å². The number of nitrogens with one attached hydrogen (secondary N) is 1. The third kappa shape index (κ3) is 3.98. The van der Waals surface area contributed by atoms with Crippen LogP contribution in [0.15, 0.2) is 6.20 Å². The van der Waals surface area contributed by atoms with Gasteiger partial charge in [0, 0.05) is 42.9 Å². The van der Waals surface area contributed by atoms with Crippen LogP contribution in [-0.2, 0) is 21.5 Å². The van der Waals surface area contributed by atoms with Gasteiger partial charge in [-0.15, -0.1) is 0 Å². The zero-order chi connectivity index (χ0) is 17.2. The highest BCUT2D eigenvalue weighted by atomic mass is 16.5. The molecule has 1 atom stereocenters. The van der Waals surface area contributed by atoms with Crippen molar-refractivity contribution in [3.8, 4) is 0 Å². The number of piperidine rings is 1. The Hall–Kier alpha value is -1.40. The normalized spacial score (nSPS) is 23.5. The minimum absolute atomic E-state index is 0.0602. The molecule has 3 heterocycles. The predicted octanol–water partition coefficient (Wildman–Crippen LogP) is 1.78. The van der Waals surface area contributed by atoms with Gasteiger partial charge in [-0.25, -0.2) is 0 Å². The molecular formula is C18H30N4O2. The molecule has 134 valence electrons. The molecule has 0 aromatic carbocycles. The van der Waals surface area contributed by atoms with Crippen molar-refractivity contribution in [2.24, 2.45) is 5.92 Å². The van der Waals surface area contributed by atoms with E-state index in [1.165, 1.54) is 11.3 Å². The second kappa shape index (κ2) is 7.23. The largest absolute Gasteiger partial charge is 0.378 e. The Morgan fingerprint density at radius 2 is 2.08 bits per heavy atom. The summed E-state index contributed by atoms with van der Waals surface area (Å²) in [7, 11) is 0. The molecule has 0 saturated carbocycles. The van der Waals surface area contributed by atoms with Crippen molar-refractivity contribution >= 4 is 5.91 Å². The molecule has 2 saturated heterocycles. The van der Waals surface area contributed by atoms with Crippen LogP contribution in [0.25, 0.3) is 0 Å². The van der Waals surface area contributed by atoms with Crippen LogP contribution in [0.3, 0.4) is 0 Å². The van der Waals surface area contributed by atoms with E-state index in [9.17, 15) is 4.79 Å². The number of aromatic nitrogens is 2. The Kier molecular flexibility index (Phi) is 5.25. The Morgan fingerprint density at radius 3 is 2.79 bits per heavy atom. The lowest BCUT2D eigenvalue weighted by Crippen LogP contribution is -2.48. The van der Waals surface area contributed by atoms with Crippen LogP contribution < -0.4 is 0 Å². The Balaban J connectivity index is 1.62. The minimum Gasteiger partial charge on any atom is -0.378 e. The van der Waals surface area contributed by atoms with Crippen LogP contribution in [0.2, 0.25) is 0 Å². The van der Waals surface area contributed by atoms with Crippen LogP contribution in [0, 0.1) is 5.92 Å². The molecule has 24 heavy (non-hydrogen) atoms. The van der Waals surface area contributed by atoms with Crippen LogP contribution in [-0.4, -0.2) is 65.3 Å². The van der Waals surface area contributed by atoms with E-state index >= 15 is 0 Å². The van der Waals surface area contributed by atoms with Gasteiger partial charge in [0.15, 0.2) is 0 Å². The highest BCUT2D eigenvalue weighted by Crippen LogP contribution is 2.26. The zero-order valence-electron chi connectivity index (χ0n) is 15.2. The van der Waals surface area contributed by atoms with Crippen molar-refractivity contribution in [1.29, 1.82) is 0 Å². The lowest BCUT2D eigenvalue weighted by molar-refractivity contribution is -0.141. The number of H-pyrrole nitrogens is 1. The molecule has 0 aliphatic carbocycles. The van der Waals surface area contributed by atoms with Crippen molar-refractivity contribution < 1.29 is 9.53 Å². The van der Waals surface area contributed by atoms with Crippen LogP contribution in [0.4, 0.5) is 0 Å². The van der Waals surface area contributed by atoms with Crippen molar-refractivity contribution in [2.45, 2.75) is 45.6 Å². The number of nitrogens with zero attached hydrogens (tertiary/aromatic N) is 3. The van der Waals surface area contributed by atoms with Gasteiger partial charge in [0.1, 0.15) is 0 Å². The third-order valence-corrected chi connectivity index (χ3v) is 5.04. The number of amides is 1. The lowest BCUT2D eigenvalue weighted by Gasteiger charge is -2.36. The van der Waals surface area contributed by atoms with E-state index in [4.69, 9.17) is 4.74 Å². The Bertz CT molecular complexity index is 558. The first kappa shape index (κ1) is 17.4. The fourth-order valence-corrected chi connectivity index (χ4v) is 3.76. The van der Waals surface area contributed by atoms with Crippen molar-refractivity contribution in [1.82, 2.24) is 20.0 Å². The summed E-state index contributed by atoms with van der Waals surface area (Å²) in [5.74, 6) is 0.438. The molecule has 1 aromatic rings. The van der Waals surface area contributed by atoms with E-state index in [-0.39, 0.29) is 11.3 Å². The first-order valence-electron chi connectivity index (χ1n) is 9.07. The highest BCUT2D eigenvalue weighted by Gasteiger charge is 2.31. The van der Waals surface area contributed by atoms with Crippen LogP contribution in [0.1, 0.15) is 44.9 Å². The van der Waals surface area contributed by atoms with Crippen LogP contribution in [0.5, 0.6) is 0 Å². The molecule has 1 aromatic heterocycles. The number of carbonyl (C=O) groups excluding carboxylic acids is 1.